The monoisotopic (exact) mass is 130 g/mol. The highest BCUT2D eigenvalue weighted by Crippen LogP contribution is 2.05. The molecule has 0 bridgehead atoms. The molecule has 1 atom stereocenters. The van der Waals surface area contributed by atoms with Crippen molar-refractivity contribution in [2.45, 2.75) is 19.4 Å². The van der Waals surface area contributed by atoms with Crippen LogP contribution in [0.5, 0.6) is 0 Å². The molecule has 52 valence electrons. The van der Waals surface area contributed by atoms with Gasteiger partial charge in [-0.25, -0.2) is 4.79 Å². The molecule has 0 N–H and O–H groups in total. The van der Waals surface area contributed by atoms with Crippen LogP contribution in [0.25, 0.3) is 0 Å². The Hall–Kier alpha value is -0.570. The van der Waals surface area contributed by atoms with Crippen LogP contribution in [0.15, 0.2) is 0 Å². The molecule has 9 heavy (non-hydrogen) atoms. The van der Waals surface area contributed by atoms with E-state index in [1.54, 1.807) is 0 Å². The molecule has 1 saturated heterocycles. The Balaban J connectivity index is 2.39. The number of carbonyl (C=O) groups excluding carboxylic acids is 1. The number of hydrogen-bond donors (Lipinski definition) is 0. The van der Waals surface area contributed by atoms with Gasteiger partial charge < -0.3 is 9.47 Å². The molecule has 3 nitrogen and oxygen atoms in total. The predicted molar refractivity (Wildman–Crippen MR) is 31.0 cm³/mol. The molecule has 0 spiro atoms. The molecule has 1 fully saturated rings. The SMILES string of the molecule is CCC1OCCOC1=O. The van der Waals surface area contributed by atoms with Crippen LogP contribution < -0.4 is 0 Å². The van der Waals surface area contributed by atoms with E-state index in [1.165, 1.54) is 0 Å². The second-order valence-corrected chi connectivity index (χ2v) is 1.94. The van der Waals surface area contributed by atoms with Crippen molar-refractivity contribution in [3.63, 3.8) is 0 Å². The largest absolute Gasteiger partial charge is 0.461 e. The molecule has 0 aromatic heterocycles. The first kappa shape index (κ1) is 6.55. The van der Waals surface area contributed by atoms with Gasteiger partial charge in [0.25, 0.3) is 0 Å². The molecule has 3 heteroatoms. The average molecular weight is 130 g/mol. The van der Waals surface area contributed by atoms with Crippen LogP contribution in [0, 0.1) is 0 Å². The van der Waals surface area contributed by atoms with Gasteiger partial charge in [-0.15, -0.1) is 0 Å². The minimum atomic E-state index is -0.307. The molecule has 0 saturated carbocycles. The average Bonchev–Trinajstić information content (AvgIpc) is 1.89. The second-order valence-electron chi connectivity index (χ2n) is 1.94. The number of hydrogen-bond acceptors (Lipinski definition) is 3. The summed E-state index contributed by atoms with van der Waals surface area (Å²) < 4.78 is 9.78. The topological polar surface area (TPSA) is 35.5 Å². The van der Waals surface area contributed by atoms with Crippen molar-refractivity contribution in [1.82, 2.24) is 0 Å². The fraction of sp³-hybridized carbons (Fsp3) is 0.833. The zero-order chi connectivity index (χ0) is 6.69. The Labute approximate surface area is 53.9 Å². The summed E-state index contributed by atoms with van der Waals surface area (Å²) in [6, 6.07) is 0. The summed E-state index contributed by atoms with van der Waals surface area (Å²) in [6.45, 7) is 2.86. The Morgan fingerprint density at radius 1 is 1.67 bits per heavy atom. The Kier molecular flexibility index (Phi) is 2.05. The van der Waals surface area contributed by atoms with Gasteiger partial charge in [-0.1, -0.05) is 6.92 Å². The smallest absolute Gasteiger partial charge is 0.335 e. The van der Waals surface area contributed by atoms with E-state index in [4.69, 9.17) is 9.47 Å². The van der Waals surface area contributed by atoms with Crippen molar-refractivity contribution in [2.75, 3.05) is 13.2 Å². The van der Waals surface area contributed by atoms with Crippen molar-refractivity contribution in [3.8, 4) is 0 Å². The highest BCUT2D eigenvalue weighted by Gasteiger charge is 2.22. The minimum absolute atomic E-state index is 0.219. The predicted octanol–water partition coefficient (Wildman–Crippen LogP) is 0.338. The van der Waals surface area contributed by atoms with Crippen molar-refractivity contribution >= 4 is 5.97 Å². The summed E-state index contributed by atoms with van der Waals surface area (Å²) in [4.78, 5) is 10.7. The van der Waals surface area contributed by atoms with Crippen molar-refractivity contribution < 1.29 is 14.3 Å². The molecule has 0 aromatic rings. The Bertz CT molecular complexity index is 111. The molecule has 1 unspecified atom stereocenters. The molecular formula is C6H10O3. The third-order valence-corrected chi connectivity index (χ3v) is 1.28. The first-order valence-electron chi connectivity index (χ1n) is 3.13. The van der Waals surface area contributed by atoms with Crippen LogP contribution in [0.2, 0.25) is 0 Å². The van der Waals surface area contributed by atoms with Crippen LogP contribution >= 0.6 is 0 Å². The lowest BCUT2D eigenvalue weighted by Crippen LogP contribution is -2.33. The molecular weight excluding hydrogens is 120 g/mol. The zero-order valence-corrected chi connectivity index (χ0v) is 5.42. The van der Waals surface area contributed by atoms with E-state index in [0.29, 0.717) is 19.6 Å². The van der Waals surface area contributed by atoms with Gasteiger partial charge in [0.2, 0.25) is 0 Å². The van der Waals surface area contributed by atoms with Gasteiger partial charge in [-0.05, 0) is 6.42 Å². The van der Waals surface area contributed by atoms with E-state index in [9.17, 15) is 4.79 Å². The summed E-state index contributed by atoms with van der Waals surface area (Å²) in [5.74, 6) is -0.219. The van der Waals surface area contributed by atoms with Crippen molar-refractivity contribution in [1.29, 1.82) is 0 Å². The molecule has 1 aliphatic heterocycles. The van der Waals surface area contributed by atoms with Crippen molar-refractivity contribution in [2.24, 2.45) is 0 Å². The van der Waals surface area contributed by atoms with E-state index >= 15 is 0 Å². The normalized spacial score (nSPS) is 27.7. The van der Waals surface area contributed by atoms with E-state index in [2.05, 4.69) is 0 Å². The number of rotatable bonds is 1. The summed E-state index contributed by atoms with van der Waals surface area (Å²) in [6.07, 6.45) is 0.400. The number of ether oxygens (including phenoxy) is 2. The molecule has 0 aliphatic carbocycles. The van der Waals surface area contributed by atoms with Crippen LogP contribution in [0.4, 0.5) is 0 Å². The number of esters is 1. The van der Waals surface area contributed by atoms with Gasteiger partial charge in [0.1, 0.15) is 6.61 Å². The second kappa shape index (κ2) is 2.82. The van der Waals surface area contributed by atoms with Gasteiger partial charge in [-0.3, -0.25) is 0 Å². The highest BCUT2D eigenvalue weighted by atomic mass is 16.6. The first-order chi connectivity index (χ1) is 4.34. The molecule has 0 aromatic carbocycles. The zero-order valence-electron chi connectivity index (χ0n) is 5.42. The third kappa shape index (κ3) is 1.42. The first-order valence-corrected chi connectivity index (χ1v) is 3.13. The maximum atomic E-state index is 10.7. The lowest BCUT2D eigenvalue weighted by atomic mass is 10.3. The highest BCUT2D eigenvalue weighted by molar-refractivity contribution is 5.75. The molecule has 1 rings (SSSR count). The molecule has 1 heterocycles. The summed E-state index contributed by atoms with van der Waals surface area (Å²) >= 11 is 0. The summed E-state index contributed by atoms with van der Waals surface area (Å²) in [5, 5.41) is 0. The van der Waals surface area contributed by atoms with Gasteiger partial charge in [0, 0.05) is 0 Å². The fourth-order valence-electron chi connectivity index (χ4n) is 0.778. The molecule has 0 radical (unpaired) electrons. The van der Waals surface area contributed by atoms with Gasteiger partial charge in [0.05, 0.1) is 6.61 Å². The third-order valence-electron chi connectivity index (χ3n) is 1.28. The van der Waals surface area contributed by atoms with Crippen LogP contribution in [-0.2, 0) is 14.3 Å². The van der Waals surface area contributed by atoms with Crippen molar-refractivity contribution in [3.05, 3.63) is 0 Å². The number of carbonyl (C=O) groups is 1. The van der Waals surface area contributed by atoms with E-state index in [-0.39, 0.29) is 12.1 Å². The summed E-state index contributed by atoms with van der Waals surface area (Å²) in [7, 11) is 0. The van der Waals surface area contributed by atoms with Crippen LogP contribution in [-0.4, -0.2) is 25.3 Å². The van der Waals surface area contributed by atoms with Gasteiger partial charge >= 0.3 is 5.97 Å². The summed E-state index contributed by atoms with van der Waals surface area (Å²) in [5.41, 5.74) is 0. The fourth-order valence-corrected chi connectivity index (χ4v) is 0.778. The quantitative estimate of drug-likeness (QED) is 0.480. The standard InChI is InChI=1S/C6H10O3/c1-2-5-6(7)9-4-3-8-5/h5H,2-4H2,1H3. The lowest BCUT2D eigenvalue weighted by Gasteiger charge is -2.19. The Morgan fingerprint density at radius 2 is 2.44 bits per heavy atom. The van der Waals surface area contributed by atoms with Crippen LogP contribution in [0.3, 0.4) is 0 Å². The minimum Gasteiger partial charge on any atom is -0.461 e. The van der Waals surface area contributed by atoms with E-state index in [0.717, 1.165) is 0 Å². The maximum absolute atomic E-state index is 10.7. The van der Waals surface area contributed by atoms with E-state index in [1.807, 2.05) is 6.92 Å². The number of cyclic esters (lactones) is 1. The van der Waals surface area contributed by atoms with E-state index < -0.39 is 0 Å². The molecule has 1 aliphatic rings. The van der Waals surface area contributed by atoms with Crippen LogP contribution in [0.1, 0.15) is 13.3 Å². The van der Waals surface area contributed by atoms with Gasteiger partial charge in [-0.2, -0.15) is 0 Å². The molecule has 0 amide bonds. The maximum Gasteiger partial charge on any atom is 0.335 e. The Morgan fingerprint density at radius 3 is 2.89 bits per heavy atom. The lowest BCUT2D eigenvalue weighted by molar-refractivity contribution is -0.171. The van der Waals surface area contributed by atoms with Gasteiger partial charge in [0.15, 0.2) is 6.10 Å².